The van der Waals surface area contributed by atoms with E-state index in [1.807, 2.05) is 23.6 Å². The predicted octanol–water partition coefficient (Wildman–Crippen LogP) is 6.96. The minimum absolute atomic E-state index is 0.100. The number of hydrogen-bond acceptors (Lipinski definition) is 9. The van der Waals surface area contributed by atoms with Crippen molar-refractivity contribution in [2.24, 2.45) is 23.7 Å². The summed E-state index contributed by atoms with van der Waals surface area (Å²) in [5, 5.41) is 15.1. The standard InChI is InChI=1S/C39H33Cl2N3O7S/c1-50-22-8-5-20(6-9-22)39-29(36(47)44(38(39)49)42-31-13-7-21(40)16-30(31)41)18-27-25(34(39)28-17-23(51-2)10-14-32(28)45)11-12-26-33(27)37(48)43(35(26)46)19-24-4-3-15-52-24/h3-11,13-17,26-27,29,33-34,42,45H,12,18-19H2,1-2H3. The van der Waals surface area contributed by atoms with E-state index in [1.54, 1.807) is 48.5 Å². The summed E-state index contributed by atoms with van der Waals surface area (Å²) in [6.45, 7) is 0.167. The average molecular weight is 759 g/mol. The van der Waals surface area contributed by atoms with Crippen molar-refractivity contribution < 1.29 is 33.8 Å². The second-order valence-corrected chi connectivity index (χ2v) is 15.4. The van der Waals surface area contributed by atoms with Crippen LogP contribution >= 0.6 is 34.5 Å². The van der Waals surface area contributed by atoms with Crippen molar-refractivity contribution in [3.63, 3.8) is 0 Å². The topological polar surface area (TPSA) is 125 Å². The zero-order valence-electron chi connectivity index (χ0n) is 28.0. The number of likely N-dealkylation sites (tertiary alicyclic amines) is 1. The number of benzene rings is 3. The van der Waals surface area contributed by atoms with Crippen LogP contribution in [0.3, 0.4) is 0 Å². The number of carbonyl (C=O) groups excluding carboxylic acids is 4. The first kappa shape index (κ1) is 34.3. The first-order valence-corrected chi connectivity index (χ1v) is 18.4. The molecule has 1 saturated carbocycles. The minimum atomic E-state index is -1.61. The fourth-order valence-electron chi connectivity index (χ4n) is 8.86. The van der Waals surface area contributed by atoms with Gasteiger partial charge in [0.25, 0.3) is 11.8 Å². The first-order chi connectivity index (χ1) is 25.1. The third-order valence-electron chi connectivity index (χ3n) is 11.1. The van der Waals surface area contributed by atoms with Crippen LogP contribution in [0.2, 0.25) is 10.0 Å². The van der Waals surface area contributed by atoms with E-state index in [0.29, 0.717) is 33.2 Å². The number of anilines is 1. The maximum atomic E-state index is 15.4. The number of amides is 4. The maximum Gasteiger partial charge on any atom is 0.260 e. The number of imide groups is 2. The smallest absolute Gasteiger partial charge is 0.260 e. The van der Waals surface area contributed by atoms with Gasteiger partial charge in [0.05, 0.1) is 54.6 Å². The van der Waals surface area contributed by atoms with Crippen LogP contribution in [0.1, 0.15) is 34.8 Å². The number of ether oxygens (including phenoxy) is 2. The van der Waals surface area contributed by atoms with Gasteiger partial charge in [-0.15, -0.1) is 11.3 Å². The highest BCUT2D eigenvalue weighted by Crippen LogP contribution is 2.65. The number of phenols is 1. The van der Waals surface area contributed by atoms with Crippen molar-refractivity contribution in [1.29, 1.82) is 0 Å². The zero-order chi connectivity index (χ0) is 36.5. The molecule has 0 spiro atoms. The lowest BCUT2D eigenvalue weighted by Gasteiger charge is -2.50. The molecule has 13 heteroatoms. The van der Waals surface area contributed by atoms with E-state index >= 15 is 4.79 Å². The maximum absolute atomic E-state index is 15.4. The average Bonchev–Trinajstić information content (AvgIpc) is 3.81. The van der Waals surface area contributed by atoms with E-state index in [2.05, 4.69) is 5.43 Å². The third kappa shape index (κ3) is 5.12. The summed E-state index contributed by atoms with van der Waals surface area (Å²) in [6, 6.07) is 20.2. The van der Waals surface area contributed by atoms with E-state index in [-0.39, 0.29) is 47.7 Å². The number of hydrazine groups is 1. The molecule has 4 aliphatic rings. The number of thiophene rings is 1. The first-order valence-electron chi connectivity index (χ1n) is 16.8. The Morgan fingerprint density at radius 1 is 0.904 bits per heavy atom. The van der Waals surface area contributed by atoms with Gasteiger partial charge in [-0.2, -0.15) is 5.01 Å². The second-order valence-electron chi connectivity index (χ2n) is 13.5. The van der Waals surface area contributed by atoms with Crippen molar-refractivity contribution >= 4 is 63.9 Å². The van der Waals surface area contributed by atoms with Crippen molar-refractivity contribution in [2.75, 3.05) is 19.6 Å². The van der Waals surface area contributed by atoms with Crippen LogP contribution < -0.4 is 14.9 Å². The number of methoxy groups -OCH3 is 2. The highest BCUT2D eigenvalue weighted by molar-refractivity contribution is 7.09. The van der Waals surface area contributed by atoms with Gasteiger partial charge < -0.3 is 14.6 Å². The van der Waals surface area contributed by atoms with E-state index in [1.165, 1.54) is 42.6 Å². The molecule has 4 aromatic rings. The van der Waals surface area contributed by atoms with Gasteiger partial charge in [0, 0.05) is 21.4 Å². The van der Waals surface area contributed by atoms with Gasteiger partial charge in [-0.3, -0.25) is 29.5 Å². The van der Waals surface area contributed by atoms with Gasteiger partial charge in [-0.05, 0) is 84.3 Å². The van der Waals surface area contributed by atoms with Gasteiger partial charge in [0.1, 0.15) is 17.2 Å². The summed E-state index contributed by atoms with van der Waals surface area (Å²) < 4.78 is 11.1. The van der Waals surface area contributed by atoms with Crippen LogP contribution in [-0.4, -0.2) is 52.9 Å². The molecule has 2 aliphatic carbocycles. The highest BCUT2D eigenvalue weighted by Gasteiger charge is 2.70. The minimum Gasteiger partial charge on any atom is -0.508 e. The fourth-order valence-corrected chi connectivity index (χ4v) is 10.0. The van der Waals surface area contributed by atoms with Gasteiger partial charge >= 0.3 is 0 Å². The van der Waals surface area contributed by atoms with Crippen LogP contribution in [0.4, 0.5) is 5.69 Å². The van der Waals surface area contributed by atoms with Gasteiger partial charge in [-0.1, -0.05) is 53.1 Å². The normalized spacial score (nSPS) is 26.5. The quantitative estimate of drug-likeness (QED) is 0.146. The molecule has 0 radical (unpaired) electrons. The molecule has 10 nitrogen and oxygen atoms in total. The number of rotatable bonds is 8. The number of hydrogen-bond donors (Lipinski definition) is 2. The Labute approximate surface area is 313 Å². The van der Waals surface area contributed by atoms with E-state index in [9.17, 15) is 19.5 Å². The predicted molar refractivity (Wildman–Crippen MR) is 195 cm³/mol. The number of phenolic OH excluding ortho intramolecular Hbond substituents is 1. The van der Waals surface area contributed by atoms with E-state index in [0.717, 1.165) is 9.89 Å². The summed E-state index contributed by atoms with van der Waals surface area (Å²) in [7, 11) is 3.04. The molecule has 2 aliphatic heterocycles. The second kappa shape index (κ2) is 13.0. The number of fused-ring (bicyclic) bond motifs is 4. The zero-order valence-corrected chi connectivity index (χ0v) is 30.4. The van der Waals surface area contributed by atoms with Gasteiger partial charge in [0.15, 0.2) is 0 Å². The Hall–Kier alpha value is -4.84. The summed E-state index contributed by atoms with van der Waals surface area (Å²) in [5.41, 5.74) is 3.24. The lowest BCUT2D eigenvalue weighted by atomic mass is 9.49. The van der Waals surface area contributed by atoms with Crippen molar-refractivity contribution in [3.05, 3.63) is 116 Å². The van der Waals surface area contributed by atoms with E-state index < -0.39 is 46.8 Å². The Bertz CT molecular complexity index is 2160. The van der Waals surface area contributed by atoms with Crippen LogP contribution in [0.25, 0.3) is 0 Å². The van der Waals surface area contributed by atoms with E-state index in [4.69, 9.17) is 32.7 Å². The molecule has 2 saturated heterocycles. The number of allylic oxidation sites excluding steroid dienone is 2. The molecular weight excluding hydrogens is 725 g/mol. The molecule has 52 heavy (non-hydrogen) atoms. The van der Waals surface area contributed by atoms with Crippen LogP contribution in [-0.2, 0) is 31.1 Å². The Morgan fingerprint density at radius 2 is 1.65 bits per heavy atom. The Kier molecular flexibility index (Phi) is 8.55. The lowest BCUT2D eigenvalue weighted by Crippen LogP contribution is -2.53. The molecule has 266 valence electrons. The molecule has 1 aromatic heterocycles. The molecule has 4 amide bonds. The number of carbonyl (C=O) groups is 4. The fraction of sp³-hybridized carbons (Fsp3) is 0.282. The van der Waals surface area contributed by atoms with Gasteiger partial charge in [-0.25, -0.2) is 0 Å². The highest BCUT2D eigenvalue weighted by atomic mass is 35.5. The Balaban J connectivity index is 1.33. The molecule has 6 atom stereocenters. The molecule has 0 bridgehead atoms. The largest absolute Gasteiger partial charge is 0.508 e. The van der Waals surface area contributed by atoms with Crippen molar-refractivity contribution in [3.8, 4) is 17.2 Å². The number of halogens is 2. The van der Waals surface area contributed by atoms with Crippen molar-refractivity contribution in [1.82, 2.24) is 9.91 Å². The molecule has 8 rings (SSSR count). The number of aromatic hydroxyl groups is 1. The molecule has 3 aromatic carbocycles. The van der Waals surface area contributed by atoms with Crippen molar-refractivity contribution in [2.45, 2.75) is 30.7 Å². The SMILES string of the molecule is COc1ccc(C23C(=O)N(Nc4ccc(Cl)cc4Cl)C(=O)C2CC2C(=CCC4C(=O)N(Cc5cccs5)C(=O)C42)C3c2cc(OC)ccc2O)cc1. The summed E-state index contributed by atoms with van der Waals surface area (Å²) in [5.74, 6) is -4.73. The molecular formula is C39H33Cl2N3O7S. The van der Waals surface area contributed by atoms with Crippen LogP contribution in [0.15, 0.2) is 89.8 Å². The summed E-state index contributed by atoms with van der Waals surface area (Å²) in [6.07, 6.45) is 2.31. The molecule has 2 N–H and O–H groups in total. The number of nitrogens with one attached hydrogen (secondary N) is 1. The summed E-state index contributed by atoms with van der Waals surface area (Å²) in [4.78, 5) is 60.7. The van der Waals surface area contributed by atoms with Crippen LogP contribution in [0.5, 0.6) is 17.2 Å². The molecule has 3 heterocycles. The van der Waals surface area contributed by atoms with Crippen LogP contribution in [0, 0.1) is 23.7 Å². The third-order valence-corrected chi connectivity index (χ3v) is 12.5. The lowest BCUT2D eigenvalue weighted by molar-refractivity contribution is -0.141. The molecule has 3 fully saturated rings. The number of nitrogens with zero attached hydrogens (tertiary/aromatic N) is 2. The Morgan fingerprint density at radius 3 is 2.35 bits per heavy atom. The van der Waals surface area contributed by atoms with Gasteiger partial charge in [0.2, 0.25) is 11.8 Å². The molecule has 6 unspecified atom stereocenters. The monoisotopic (exact) mass is 757 g/mol. The summed E-state index contributed by atoms with van der Waals surface area (Å²) >= 11 is 14.2.